The Morgan fingerprint density at radius 1 is 0.969 bits per heavy atom. The number of carbonyl (C=O) groups is 1. The zero-order valence-electron chi connectivity index (χ0n) is 18.1. The number of ether oxygens (including phenoxy) is 2. The molecule has 0 atom stereocenters. The Bertz CT molecular complexity index is 1270. The molecule has 0 aromatic heterocycles. The standard InChI is InChI=1S/C24H24N2O5S/c1-16-14-21(10-11-23(16)31-3)32(28,29)25-19-7-4-17-12-13-26(22(17)15-19)24(27)18-5-8-20(30-2)9-6-18/h4-11,14-15,25H,12-13H2,1-3H3. The molecule has 8 heteroatoms. The smallest absolute Gasteiger partial charge is 0.261 e. The highest BCUT2D eigenvalue weighted by molar-refractivity contribution is 7.92. The molecular formula is C24H24N2O5S. The Hall–Kier alpha value is -3.52. The average molecular weight is 453 g/mol. The maximum absolute atomic E-state index is 13.1. The number of amides is 1. The van der Waals surface area contributed by atoms with Crippen LogP contribution in [0, 0.1) is 6.92 Å². The Balaban J connectivity index is 1.59. The number of rotatable bonds is 6. The van der Waals surface area contributed by atoms with Crippen molar-refractivity contribution in [3.8, 4) is 11.5 Å². The van der Waals surface area contributed by atoms with Crippen molar-refractivity contribution in [3.05, 3.63) is 77.4 Å². The minimum Gasteiger partial charge on any atom is -0.497 e. The van der Waals surface area contributed by atoms with Crippen LogP contribution in [0.2, 0.25) is 0 Å². The molecule has 0 aliphatic carbocycles. The van der Waals surface area contributed by atoms with Crippen molar-refractivity contribution in [1.82, 2.24) is 0 Å². The molecule has 0 saturated heterocycles. The number of aryl methyl sites for hydroxylation is 1. The molecule has 0 radical (unpaired) electrons. The molecule has 0 spiro atoms. The van der Waals surface area contributed by atoms with Crippen LogP contribution in [0.25, 0.3) is 0 Å². The number of methoxy groups -OCH3 is 2. The van der Waals surface area contributed by atoms with Gasteiger partial charge in [0.2, 0.25) is 0 Å². The third-order valence-corrected chi connectivity index (χ3v) is 6.87. The molecule has 1 aliphatic rings. The van der Waals surface area contributed by atoms with Gasteiger partial charge in [-0.1, -0.05) is 6.07 Å². The zero-order valence-corrected chi connectivity index (χ0v) is 18.9. The minimum atomic E-state index is -3.80. The SMILES string of the molecule is COc1ccc(C(=O)N2CCc3ccc(NS(=O)(=O)c4ccc(OC)c(C)c4)cc32)cc1. The van der Waals surface area contributed by atoms with E-state index in [1.165, 1.54) is 13.2 Å². The molecular weight excluding hydrogens is 428 g/mol. The van der Waals surface area contributed by atoms with Crippen LogP contribution in [0.1, 0.15) is 21.5 Å². The van der Waals surface area contributed by atoms with E-state index in [0.717, 1.165) is 11.1 Å². The van der Waals surface area contributed by atoms with Crippen LogP contribution in [0.4, 0.5) is 11.4 Å². The van der Waals surface area contributed by atoms with E-state index in [-0.39, 0.29) is 10.8 Å². The fourth-order valence-electron chi connectivity index (χ4n) is 3.78. The summed E-state index contributed by atoms with van der Waals surface area (Å²) in [5, 5.41) is 0. The van der Waals surface area contributed by atoms with E-state index in [2.05, 4.69) is 4.72 Å². The fourth-order valence-corrected chi connectivity index (χ4v) is 4.91. The van der Waals surface area contributed by atoms with Crippen LogP contribution in [0.15, 0.2) is 65.6 Å². The molecule has 3 aromatic carbocycles. The van der Waals surface area contributed by atoms with E-state index in [9.17, 15) is 13.2 Å². The summed E-state index contributed by atoms with van der Waals surface area (Å²) in [4.78, 5) is 14.9. The minimum absolute atomic E-state index is 0.141. The summed E-state index contributed by atoms with van der Waals surface area (Å²) >= 11 is 0. The molecule has 0 saturated carbocycles. The summed E-state index contributed by atoms with van der Waals surface area (Å²) in [6, 6.07) is 16.9. The van der Waals surface area contributed by atoms with Gasteiger partial charge in [0.1, 0.15) is 11.5 Å². The van der Waals surface area contributed by atoms with Gasteiger partial charge in [0.05, 0.1) is 24.8 Å². The van der Waals surface area contributed by atoms with Gasteiger partial charge in [-0.3, -0.25) is 9.52 Å². The predicted octanol–water partition coefficient (Wildman–Crippen LogP) is 4.02. The van der Waals surface area contributed by atoms with Crippen LogP contribution in [-0.4, -0.2) is 35.1 Å². The van der Waals surface area contributed by atoms with E-state index in [4.69, 9.17) is 9.47 Å². The molecule has 0 bridgehead atoms. The van der Waals surface area contributed by atoms with Crippen molar-refractivity contribution < 1.29 is 22.7 Å². The molecule has 7 nitrogen and oxygen atoms in total. The Morgan fingerprint density at radius 3 is 2.38 bits per heavy atom. The van der Waals surface area contributed by atoms with Crippen molar-refractivity contribution in [2.75, 3.05) is 30.4 Å². The molecule has 1 amide bonds. The van der Waals surface area contributed by atoms with E-state index in [0.29, 0.717) is 41.4 Å². The summed E-state index contributed by atoms with van der Waals surface area (Å²) in [5.74, 6) is 1.15. The number of hydrogen-bond donors (Lipinski definition) is 1. The number of fused-ring (bicyclic) bond motifs is 1. The summed E-state index contributed by atoms with van der Waals surface area (Å²) in [5.41, 5.74) is 3.36. The number of benzene rings is 3. The molecule has 0 unspecified atom stereocenters. The van der Waals surface area contributed by atoms with Gasteiger partial charge in [-0.2, -0.15) is 0 Å². The van der Waals surface area contributed by atoms with Crippen molar-refractivity contribution >= 4 is 27.3 Å². The normalized spacial score (nSPS) is 12.9. The van der Waals surface area contributed by atoms with Gasteiger partial charge in [0.25, 0.3) is 15.9 Å². The fraction of sp³-hybridized carbons (Fsp3) is 0.208. The van der Waals surface area contributed by atoms with Gasteiger partial charge in [0.15, 0.2) is 0 Å². The lowest BCUT2D eigenvalue weighted by molar-refractivity contribution is 0.0989. The van der Waals surface area contributed by atoms with Crippen LogP contribution in [0.5, 0.6) is 11.5 Å². The zero-order chi connectivity index (χ0) is 22.9. The number of sulfonamides is 1. The van der Waals surface area contributed by atoms with Crippen LogP contribution in [-0.2, 0) is 16.4 Å². The highest BCUT2D eigenvalue weighted by Gasteiger charge is 2.26. The number of nitrogens with zero attached hydrogens (tertiary/aromatic N) is 1. The molecule has 32 heavy (non-hydrogen) atoms. The van der Waals surface area contributed by atoms with E-state index >= 15 is 0 Å². The van der Waals surface area contributed by atoms with Crippen molar-refractivity contribution in [1.29, 1.82) is 0 Å². The predicted molar refractivity (Wildman–Crippen MR) is 123 cm³/mol. The first kappa shape index (κ1) is 21.7. The molecule has 166 valence electrons. The lowest BCUT2D eigenvalue weighted by Crippen LogP contribution is -2.28. The second-order valence-corrected chi connectivity index (χ2v) is 9.20. The number of carbonyl (C=O) groups excluding carboxylic acids is 1. The van der Waals surface area contributed by atoms with E-state index in [1.807, 2.05) is 6.07 Å². The third kappa shape index (κ3) is 4.13. The van der Waals surface area contributed by atoms with Gasteiger partial charge < -0.3 is 14.4 Å². The van der Waals surface area contributed by atoms with Gasteiger partial charge in [0, 0.05) is 17.8 Å². The lowest BCUT2D eigenvalue weighted by atomic mass is 10.1. The molecule has 0 fully saturated rings. The Kier molecular flexibility index (Phi) is 5.80. The number of hydrogen-bond acceptors (Lipinski definition) is 5. The summed E-state index contributed by atoms with van der Waals surface area (Å²) < 4.78 is 38.8. The number of nitrogens with one attached hydrogen (secondary N) is 1. The molecule has 1 heterocycles. The molecule has 1 N–H and O–H groups in total. The third-order valence-electron chi connectivity index (χ3n) is 5.49. The Labute approximate surface area is 187 Å². The van der Waals surface area contributed by atoms with E-state index < -0.39 is 10.0 Å². The van der Waals surface area contributed by atoms with Crippen LogP contribution >= 0.6 is 0 Å². The summed E-state index contributed by atoms with van der Waals surface area (Å²) in [6.45, 7) is 2.32. The first-order valence-electron chi connectivity index (χ1n) is 10.1. The highest BCUT2D eigenvalue weighted by Crippen LogP contribution is 2.33. The number of anilines is 2. The average Bonchev–Trinajstić information content (AvgIpc) is 3.21. The first-order chi connectivity index (χ1) is 15.3. The van der Waals surface area contributed by atoms with Gasteiger partial charge >= 0.3 is 0 Å². The summed E-state index contributed by atoms with van der Waals surface area (Å²) in [7, 11) is -0.686. The van der Waals surface area contributed by atoms with Crippen LogP contribution in [0.3, 0.4) is 0 Å². The second-order valence-electron chi connectivity index (χ2n) is 7.52. The molecule has 3 aromatic rings. The quantitative estimate of drug-likeness (QED) is 0.611. The van der Waals surface area contributed by atoms with Gasteiger partial charge in [-0.05, 0) is 79.1 Å². The topological polar surface area (TPSA) is 84.9 Å². The monoisotopic (exact) mass is 452 g/mol. The first-order valence-corrected chi connectivity index (χ1v) is 11.6. The maximum atomic E-state index is 13.1. The van der Waals surface area contributed by atoms with E-state index in [1.54, 1.807) is 67.5 Å². The Morgan fingerprint density at radius 2 is 1.72 bits per heavy atom. The van der Waals surface area contributed by atoms with Crippen molar-refractivity contribution in [3.63, 3.8) is 0 Å². The molecule has 1 aliphatic heterocycles. The lowest BCUT2D eigenvalue weighted by Gasteiger charge is -2.19. The van der Waals surface area contributed by atoms with Crippen LogP contribution < -0.4 is 19.1 Å². The molecule has 4 rings (SSSR count). The second kappa shape index (κ2) is 8.55. The van der Waals surface area contributed by atoms with Crippen molar-refractivity contribution in [2.45, 2.75) is 18.2 Å². The largest absolute Gasteiger partial charge is 0.497 e. The maximum Gasteiger partial charge on any atom is 0.261 e. The highest BCUT2D eigenvalue weighted by atomic mass is 32.2. The van der Waals surface area contributed by atoms with Gasteiger partial charge in [-0.25, -0.2) is 8.42 Å². The van der Waals surface area contributed by atoms with Crippen molar-refractivity contribution in [2.24, 2.45) is 0 Å². The van der Waals surface area contributed by atoms with Gasteiger partial charge in [-0.15, -0.1) is 0 Å². The summed E-state index contributed by atoms with van der Waals surface area (Å²) in [6.07, 6.45) is 0.710.